The Balaban J connectivity index is 1.66. The Kier molecular flexibility index (Phi) is 7.44. The summed E-state index contributed by atoms with van der Waals surface area (Å²) in [5, 5.41) is 3.03. The van der Waals surface area contributed by atoms with Gasteiger partial charge in [-0.05, 0) is 48.4 Å². The molecule has 1 aliphatic rings. The van der Waals surface area contributed by atoms with Crippen LogP contribution in [0.3, 0.4) is 0 Å². The van der Waals surface area contributed by atoms with E-state index >= 15 is 0 Å². The van der Waals surface area contributed by atoms with E-state index in [1.165, 1.54) is 16.9 Å². The first-order valence-corrected chi connectivity index (χ1v) is 11.0. The van der Waals surface area contributed by atoms with Gasteiger partial charge in [-0.25, -0.2) is 4.98 Å². The number of carbonyl (C=O) groups excluding carboxylic acids is 2. The molecule has 2 atom stereocenters. The second-order valence-corrected chi connectivity index (χ2v) is 9.12. The number of hydrogen-bond donors (Lipinski definition) is 1. The molecule has 2 heterocycles. The molecule has 1 aromatic heterocycles. The van der Waals surface area contributed by atoms with Crippen LogP contribution < -0.4 is 5.32 Å². The Labute approximate surface area is 185 Å². The Bertz CT molecular complexity index is 931. The number of likely N-dealkylation sites (tertiary alicyclic amines) is 1. The highest BCUT2D eigenvalue weighted by molar-refractivity contribution is 5.97. The van der Waals surface area contributed by atoms with Gasteiger partial charge in [-0.2, -0.15) is 0 Å². The van der Waals surface area contributed by atoms with E-state index in [9.17, 15) is 9.59 Å². The van der Waals surface area contributed by atoms with Gasteiger partial charge < -0.3 is 10.2 Å². The number of amides is 2. The molecule has 31 heavy (non-hydrogen) atoms. The summed E-state index contributed by atoms with van der Waals surface area (Å²) >= 11 is 0. The Morgan fingerprint density at radius 1 is 1.06 bits per heavy atom. The Hall–Kier alpha value is -2.73. The number of nitrogens with one attached hydrogen (secondary N) is 1. The number of carbonyl (C=O) groups is 2. The zero-order valence-electron chi connectivity index (χ0n) is 19.3. The second-order valence-electron chi connectivity index (χ2n) is 9.12. The largest absolute Gasteiger partial charge is 0.348 e. The molecule has 2 amide bonds. The van der Waals surface area contributed by atoms with Gasteiger partial charge in [-0.3, -0.25) is 14.5 Å². The number of hydrogen-bond acceptors (Lipinski definition) is 4. The Morgan fingerprint density at radius 3 is 2.32 bits per heavy atom. The standard InChI is InChI=1S/C25H34N4O2/c1-17-12-18(2)15-29(14-17)16-21-9-7-6-8-20(21)13-26-24(30)22-10-11-23(27-19(22)3)25(31)28(4)5/h6-11,17-18H,12-16H2,1-5H3,(H,26,30). The zero-order valence-corrected chi connectivity index (χ0v) is 19.3. The average Bonchev–Trinajstić information content (AvgIpc) is 2.71. The van der Waals surface area contributed by atoms with Gasteiger partial charge in [0.2, 0.25) is 0 Å². The van der Waals surface area contributed by atoms with E-state index in [0.717, 1.165) is 25.2 Å². The van der Waals surface area contributed by atoms with Crippen LogP contribution in [0.15, 0.2) is 36.4 Å². The first-order chi connectivity index (χ1) is 14.7. The van der Waals surface area contributed by atoms with E-state index in [-0.39, 0.29) is 11.8 Å². The number of nitrogens with zero attached hydrogens (tertiary/aromatic N) is 3. The van der Waals surface area contributed by atoms with Crippen LogP contribution in [-0.4, -0.2) is 53.8 Å². The molecule has 0 radical (unpaired) electrons. The molecule has 1 N–H and O–H groups in total. The number of aromatic nitrogens is 1. The van der Waals surface area contributed by atoms with Crippen molar-refractivity contribution in [1.82, 2.24) is 20.1 Å². The number of aryl methyl sites for hydroxylation is 1. The fraction of sp³-hybridized carbons (Fsp3) is 0.480. The fourth-order valence-corrected chi connectivity index (χ4v) is 4.47. The third-order valence-corrected chi connectivity index (χ3v) is 5.85. The number of benzene rings is 1. The van der Waals surface area contributed by atoms with E-state index in [0.29, 0.717) is 35.3 Å². The fourth-order valence-electron chi connectivity index (χ4n) is 4.47. The van der Waals surface area contributed by atoms with E-state index in [4.69, 9.17) is 0 Å². The van der Waals surface area contributed by atoms with Crippen molar-refractivity contribution in [2.45, 2.75) is 40.3 Å². The molecule has 0 saturated carbocycles. The third-order valence-electron chi connectivity index (χ3n) is 5.85. The van der Waals surface area contributed by atoms with Crippen LogP contribution in [0.5, 0.6) is 0 Å². The molecule has 6 nitrogen and oxygen atoms in total. The first kappa shape index (κ1) is 22.9. The molecule has 1 fully saturated rings. The van der Waals surface area contributed by atoms with E-state index < -0.39 is 0 Å². The van der Waals surface area contributed by atoms with Crippen LogP contribution in [0.1, 0.15) is 57.9 Å². The molecule has 1 aromatic carbocycles. The lowest BCUT2D eigenvalue weighted by molar-refractivity contribution is 0.0820. The highest BCUT2D eigenvalue weighted by Gasteiger charge is 2.22. The van der Waals surface area contributed by atoms with Crippen molar-refractivity contribution in [1.29, 1.82) is 0 Å². The summed E-state index contributed by atoms with van der Waals surface area (Å²) in [5.74, 6) is 1.08. The van der Waals surface area contributed by atoms with Gasteiger partial charge in [0.15, 0.2) is 0 Å². The molecule has 2 aromatic rings. The first-order valence-electron chi connectivity index (χ1n) is 11.0. The van der Waals surface area contributed by atoms with Gasteiger partial charge in [0.05, 0.1) is 11.3 Å². The highest BCUT2D eigenvalue weighted by atomic mass is 16.2. The van der Waals surface area contributed by atoms with Crippen LogP contribution in [0.4, 0.5) is 0 Å². The van der Waals surface area contributed by atoms with Crippen LogP contribution in [-0.2, 0) is 13.1 Å². The van der Waals surface area contributed by atoms with Crippen molar-refractivity contribution >= 4 is 11.8 Å². The van der Waals surface area contributed by atoms with Gasteiger partial charge >= 0.3 is 0 Å². The Morgan fingerprint density at radius 2 is 1.71 bits per heavy atom. The zero-order chi connectivity index (χ0) is 22.5. The monoisotopic (exact) mass is 422 g/mol. The van der Waals surface area contributed by atoms with Crippen LogP contribution in [0.2, 0.25) is 0 Å². The quantitative estimate of drug-likeness (QED) is 0.774. The minimum Gasteiger partial charge on any atom is -0.348 e. The maximum absolute atomic E-state index is 12.8. The molecule has 0 aliphatic carbocycles. The van der Waals surface area contributed by atoms with E-state index in [1.807, 2.05) is 6.07 Å². The summed E-state index contributed by atoms with van der Waals surface area (Å²) < 4.78 is 0. The normalized spacial score (nSPS) is 19.1. The number of pyridine rings is 1. The summed E-state index contributed by atoms with van der Waals surface area (Å²) in [7, 11) is 3.37. The molecular formula is C25H34N4O2. The molecule has 6 heteroatoms. The molecular weight excluding hydrogens is 388 g/mol. The molecule has 166 valence electrons. The van der Waals surface area contributed by atoms with E-state index in [1.54, 1.807) is 33.2 Å². The van der Waals surface area contributed by atoms with Crippen molar-refractivity contribution in [3.8, 4) is 0 Å². The summed E-state index contributed by atoms with van der Waals surface area (Å²) in [6, 6.07) is 11.6. The molecule has 0 bridgehead atoms. The minimum atomic E-state index is -0.177. The number of rotatable bonds is 6. The van der Waals surface area contributed by atoms with Crippen molar-refractivity contribution < 1.29 is 9.59 Å². The summed E-state index contributed by atoms with van der Waals surface area (Å²) in [4.78, 5) is 33.2. The van der Waals surface area contributed by atoms with Crippen molar-refractivity contribution in [2.75, 3.05) is 27.2 Å². The predicted molar refractivity (Wildman–Crippen MR) is 123 cm³/mol. The van der Waals surface area contributed by atoms with Crippen molar-refractivity contribution in [3.05, 3.63) is 64.5 Å². The predicted octanol–water partition coefficient (Wildman–Crippen LogP) is 3.50. The van der Waals surface area contributed by atoms with E-state index in [2.05, 4.69) is 47.2 Å². The summed E-state index contributed by atoms with van der Waals surface area (Å²) in [6.45, 7) is 10.0. The van der Waals surface area contributed by atoms with Crippen LogP contribution in [0, 0.1) is 18.8 Å². The lowest BCUT2D eigenvalue weighted by atomic mass is 9.91. The van der Waals surface area contributed by atoms with Gasteiger partial charge in [0.1, 0.15) is 5.69 Å². The van der Waals surface area contributed by atoms with Gasteiger partial charge in [-0.15, -0.1) is 0 Å². The van der Waals surface area contributed by atoms with Crippen molar-refractivity contribution in [3.63, 3.8) is 0 Å². The van der Waals surface area contributed by atoms with Gasteiger partial charge in [0, 0.05) is 40.3 Å². The second kappa shape index (κ2) is 10.1. The van der Waals surface area contributed by atoms with Crippen LogP contribution >= 0.6 is 0 Å². The SMILES string of the molecule is Cc1nc(C(=O)N(C)C)ccc1C(=O)NCc1ccccc1CN1CC(C)CC(C)C1. The topological polar surface area (TPSA) is 65.5 Å². The van der Waals surface area contributed by atoms with Crippen LogP contribution in [0.25, 0.3) is 0 Å². The maximum atomic E-state index is 12.8. The van der Waals surface area contributed by atoms with Gasteiger partial charge in [0.25, 0.3) is 11.8 Å². The average molecular weight is 423 g/mol. The van der Waals surface area contributed by atoms with Gasteiger partial charge in [-0.1, -0.05) is 38.1 Å². The molecule has 1 aliphatic heterocycles. The maximum Gasteiger partial charge on any atom is 0.271 e. The summed E-state index contributed by atoms with van der Waals surface area (Å²) in [5.41, 5.74) is 3.77. The third kappa shape index (κ3) is 5.91. The minimum absolute atomic E-state index is 0.176. The smallest absolute Gasteiger partial charge is 0.271 e. The molecule has 2 unspecified atom stereocenters. The highest BCUT2D eigenvalue weighted by Crippen LogP contribution is 2.23. The molecule has 0 spiro atoms. The molecule has 3 rings (SSSR count). The number of piperidine rings is 1. The summed E-state index contributed by atoms with van der Waals surface area (Å²) in [6.07, 6.45) is 1.29. The lowest BCUT2D eigenvalue weighted by Crippen LogP contribution is -2.38. The molecule has 1 saturated heterocycles. The van der Waals surface area contributed by atoms with Crippen molar-refractivity contribution in [2.24, 2.45) is 11.8 Å². The lowest BCUT2D eigenvalue weighted by Gasteiger charge is -2.35.